The normalized spacial score (nSPS) is 37.6. The van der Waals surface area contributed by atoms with Crippen LogP contribution < -0.4 is 15.6 Å². The summed E-state index contributed by atoms with van der Waals surface area (Å²) in [5, 5.41) is 102. The predicted octanol–water partition coefficient (Wildman–Crippen LogP) is -5.33. The molecular formula is C19H27N2O14-. The zero-order chi connectivity index (χ0) is 26.0. The molecule has 2 saturated heterocycles. The molecule has 0 radical (unpaired) electrons. The van der Waals surface area contributed by atoms with Crippen LogP contribution in [0.3, 0.4) is 0 Å². The fraction of sp³-hybridized carbons (Fsp3) is 0.632. The SMILES string of the molecule is O=C([O-])c1cc(N[C@H]2O[C@@H](CO)[C@@H](O[C@@H]3O[C@@H](CO)[C@@H](O)[C@@H](O)[C@H]3O)[C@@H](O)[C@H]2O)cc(N(O)O)c1. The van der Waals surface area contributed by atoms with Crippen LogP contribution in [0.1, 0.15) is 10.4 Å². The van der Waals surface area contributed by atoms with Crippen LogP contribution in [0.5, 0.6) is 0 Å². The summed E-state index contributed by atoms with van der Waals surface area (Å²) in [5.74, 6) is -1.65. The van der Waals surface area contributed by atoms with Crippen LogP contribution in [0.2, 0.25) is 0 Å². The fourth-order valence-corrected chi connectivity index (χ4v) is 3.80. The van der Waals surface area contributed by atoms with E-state index in [-0.39, 0.29) is 16.6 Å². The lowest BCUT2D eigenvalue weighted by Crippen LogP contribution is -2.65. The molecule has 0 saturated carbocycles. The number of aliphatic hydroxyl groups excluding tert-OH is 7. The maximum Gasteiger partial charge on any atom is 0.187 e. The van der Waals surface area contributed by atoms with E-state index in [9.17, 15) is 56.1 Å². The Kier molecular flexibility index (Phi) is 8.81. The number of carbonyl (C=O) groups is 1. The van der Waals surface area contributed by atoms with Gasteiger partial charge in [0.15, 0.2) is 12.5 Å². The third-order valence-electron chi connectivity index (χ3n) is 5.70. The van der Waals surface area contributed by atoms with Crippen molar-refractivity contribution in [3.05, 3.63) is 23.8 Å². The van der Waals surface area contributed by atoms with Gasteiger partial charge in [-0.05, 0) is 18.2 Å². The van der Waals surface area contributed by atoms with Gasteiger partial charge >= 0.3 is 0 Å². The van der Waals surface area contributed by atoms with Gasteiger partial charge in [0.1, 0.15) is 48.8 Å². The highest BCUT2D eigenvalue weighted by Gasteiger charge is 2.50. The van der Waals surface area contributed by atoms with E-state index < -0.39 is 86.1 Å². The molecule has 2 aliphatic heterocycles. The number of carboxylic acid groups (broad SMARTS) is 1. The summed E-state index contributed by atoms with van der Waals surface area (Å²) in [5.41, 5.74) is -0.954. The third-order valence-corrected chi connectivity index (χ3v) is 5.70. The smallest absolute Gasteiger partial charge is 0.187 e. The Bertz CT molecular complexity index is 870. The number of rotatable bonds is 8. The maximum absolute atomic E-state index is 11.2. The van der Waals surface area contributed by atoms with Crippen molar-refractivity contribution in [3.63, 3.8) is 0 Å². The number of nitrogens with one attached hydrogen (secondary N) is 1. The number of hydrogen-bond acceptors (Lipinski definition) is 16. The average Bonchev–Trinajstić information content (AvgIpc) is 2.83. The van der Waals surface area contributed by atoms with E-state index in [4.69, 9.17) is 14.2 Å². The molecule has 2 aliphatic rings. The Morgan fingerprint density at radius 1 is 0.914 bits per heavy atom. The summed E-state index contributed by atoms with van der Waals surface area (Å²) in [7, 11) is 0. The molecule has 0 amide bonds. The number of anilines is 2. The molecule has 0 bridgehead atoms. The second kappa shape index (κ2) is 11.2. The zero-order valence-electron chi connectivity index (χ0n) is 17.9. The lowest BCUT2D eigenvalue weighted by Gasteiger charge is -2.46. The predicted molar refractivity (Wildman–Crippen MR) is 107 cm³/mol. The van der Waals surface area contributed by atoms with E-state index in [1.54, 1.807) is 0 Å². The monoisotopic (exact) mass is 507 g/mol. The Labute approximate surface area is 197 Å². The van der Waals surface area contributed by atoms with Gasteiger partial charge < -0.3 is 65.2 Å². The molecule has 0 aliphatic carbocycles. The van der Waals surface area contributed by atoms with Gasteiger partial charge in [-0.15, -0.1) is 5.23 Å². The van der Waals surface area contributed by atoms with Gasteiger partial charge in [-0.3, -0.25) is 10.4 Å². The van der Waals surface area contributed by atoms with Gasteiger partial charge in [0.25, 0.3) is 0 Å². The van der Waals surface area contributed by atoms with Gasteiger partial charge in [-0.25, -0.2) is 0 Å². The van der Waals surface area contributed by atoms with E-state index in [1.807, 2.05) is 0 Å². The van der Waals surface area contributed by atoms with Gasteiger partial charge in [0.2, 0.25) is 0 Å². The van der Waals surface area contributed by atoms with E-state index in [1.165, 1.54) is 0 Å². The van der Waals surface area contributed by atoms with Crippen LogP contribution in [0.4, 0.5) is 11.4 Å². The Hall–Kier alpha value is -2.19. The summed E-state index contributed by atoms with van der Waals surface area (Å²) in [4.78, 5) is 11.2. The first-order valence-electron chi connectivity index (χ1n) is 10.4. The maximum atomic E-state index is 11.2. The van der Waals surface area contributed by atoms with Crippen molar-refractivity contribution in [2.75, 3.05) is 23.8 Å². The topological polar surface area (TPSA) is 265 Å². The Balaban J connectivity index is 1.77. The number of aliphatic hydroxyl groups is 7. The quantitative estimate of drug-likeness (QED) is 0.147. The van der Waals surface area contributed by atoms with Gasteiger partial charge in [0, 0.05) is 11.3 Å². The molecule has 0 spiro atoms. The second-order valence-corrected chi connectivity index (χ2v) is 8.05. The number of carbonyl (C=O) groups excluding carboxylic acids is 1. The highest BCUT2D eigenvalue weighted by Crippen LogP contribution is 2.30. The third kappa shape index (κ3) is 5.80. The minimum absolute atomic E-state index is 0.101. The van der Waals surface area contributed by atoms with E-state index in [0.29, 0.717) is 0 Å². The molecular weight excluding hydrogens is 480 g/mol. The van der Waals surface area contributed by atoms with Gasteiger partial charge in [0.05, 0.1) is 24.9 Å². The van der Waals surface area contributed by atoms with Crippen LogP contribution in [-0.4, -0.2) is 127 Å². The van der Waals surface area contributed by atoms with E-state index in [0.717, 1.165) is 18.2 Å². The highest BCUT2D eigenvalue weighted by atomic mass is 16.8. The minimum Gasteiger partial charge on any atom is -0.545 e. The Morgan fingerprint density at radius 3 is 2.14 bits per heavy atom. The molecule has 35 heavy (non-hydrogen) atoms. The molecule has 0 aromatic heterocycles. The summed E-state index contributed by atoms with van der Waals surface area (Å²) in [6.07, 6.45) is -16.2. The molecule has 2 heterocycles. The minimum atomic E-state index is -1.82. The first kappa shape index (κ1) is 27.4. The summed E-state index contributed by atoms with van der Waals surface area (Å²) < 4.78 is 16.2. The number of nitrogens with zero attached hydrogens (tertiary/aromatic N) is 1. The number of aromatic carboxylic acids is 1. The van der Waals surface area contributed by atoms with Crippen molar-refractivity contribution in [1.82, 2.24) is 0 Å². The first-order valence-corrected chi connectivity index (χ1v) is 10.4. The van der Waals surface area contributed by atoms with E-state index in [2.05, 4.69) is 5.32 Å². The number of benzene rings is 1. The lowest BCUT2D eigenvalue weighted by atomic mass is 9.96. The number of hydrogen-bond donors (Lipinski definition) is 10. The largest absolute Gasteiger partial charge is 0.545 e. The van der Waals surface area contributed by atoms with Crippen LogP contribution in [0, 0.1) is 0 Å². The molecule has 16 nitrogen and oxygen atoms in total. The molecule has 10 N–H and O–H groups in total. The van der Waals surface area contributed by atoms with Crippen molar-refractivity contribution >= 4 is 17.3 Å². The lowest BCUT2D eigenvalue weighted by molar-refractivity contribution is -0.340. The summed E-state index contributed by atoms with van der Waals surface area (Å²) >= 11 is 0. The van der Waals surface area contributed by atoms with Gasteiger partial charge in [-0.1, -0.05) is 0 Å². The van der Waals surface area contributed by atoms with Crippen molar-refractivity contribution < 1.29 is 70.3 Å². The summed E-state index contributed by atoms with van der Waals surface area (Å²) in [6.45, 7) is -1.52. The Morgan fingerprint density at radius 2 is 1.57 bits per heavy atom. The standard InChI is InChI=1S/C19H28N2O14/c22-4-9-11(24)12(25)15(28)19(34-9)35-16-10(5-23)33-17(14(27)13(16)26)20-7-1-6(18(29)30)2-8(3-7)21(31)32/h1-3,9-17,19-20,22-28,31-32H,4-5H2,(H,29,30)/p-1/t9-,10-,11+,12+,13-,14+,15+,16+,17-,19-/m0/s1. The van der Waals surface area contributed by atoms with Crippen molar-refractivity contribution in [2.24, 2.45) is 0 Å². The van der Waals surface area contributed by atoms with Crippen LogP contribution in [-0.2, 0) is 14.2 Å². The van der Waals surface area contributed by atoms with Crippen LogP contribution >= 0.6 is 0 Å². The van der Waals surface area contributed by atoms with Crippen LogP contribution in [0.25, 0.3) is 0 Å². The van der Waals surface area contributed by atoms with Crippen molar-refractivity contribution in [1.29, 1.82) is 0 Å². The molecule has 198 valence electrons. The number of ether oxygens (including phenoxy) is 3. The van der Waals surface area contributed by atoms with Crippen molar-refractivity contribution in [2.45, 2.75) is 61.3 Å². The average molecular weight is 507 g/mol. The highest BCUT2D eigenvalue weighted by molar-refractivity contribution is 5.88. The molecule has 2 fully saturated rings. The first-order chi connectivity index (χ1) is 16.5. The van der Waals surface area contributed by atoms with Gasteiger partial charge in [-0.2, -0.15) is 0 Å². The molecule has 0 unspecified atom stereocenters. The van der Waals surface area contributed by atoms with Crippen LogP contribution in [0.15, 0.2) is 18.2 Å². The molecule has 1 aromatic carbocycles. The summed E-state index contributed by atoms with van der Waals surface area (Å²) in [6, 6.07) is 2.98. The van der Waals surface area contributed by atoms with Crippen molar-refractivity contribution in [3.8, 4) is 0 Å². The molecule has 10 atom stereocenters. The second-order valence-electron chi connectivity index (χ2n) is 8.05. The zero-order valence-corrected chi connectivity index (χ0v) is 17.9. The molecule has 16 heteroatoms. The van der Waals surface area contributed by atoms with E-state index >= 15 is 0 Å². The molecule has 3 rings (SSSR count). The number of carboxylic acids is 1. The molecule has 1 aromatic rings. The fourth-order valence-electron chi connectivity index (χ4n) is 3.80.